The normalized spacial score (nSPS) is 22.8. The number of hydrogen-bond donors (Lipinski definition) is 0. The van der Waals surface area contributed by atoms with Gasteiger partial charge in [-0.05, 0) is 45.3 Å². The number of carbonyl (C=O) groups is 1. The van der Waals surface area contributed by atoms with Gasteiger partial charge in [-0.25, -0.2) is 9.18 Å². The molecule has 25 heavy (non-hydrogen) atoms. The van der Waals surface area contributed by atoms with Gasteiger partial charge in [-0.3, -0.25) is 0 Å². The lowest BCUT2D eigenvalue weighted by Gasteiger charge is -2.37. The summed E-state index contributed by atoms with van der Waals surface area (Å²) in [5.41, 5.74) is -0.572. The second-order valence-corrected chi connectivity index (χ2v) is 14.1. The van der Waals surface area contributed by atoms with Gasteiger partial charge >= 0.3 is 6.09 Å². The topological polar surface area (TPSA) is 48.0 Å². The van der Waals surface area contributed by atoms with E-state index in [1.807, 2.05) is 0 Å². The van der Waals surface area contributed by atoms with Crippen LogP contribution < -0.4 is 0 Å². The second kappa shape index (κ2) is 8.35. The summed E-state index contributed by atoms with van der Waals surface area (Å²) in [6.45, 7) is 17.7. The molecule has 2 atom stereocenters. The van der Waals surface area contributed by atoms with Crippen LogP contribution in [-0.4, -0.2) is 63.5 Å². The minimum atomic E-state index is -1.80. The van der Waals surface area contributed by atoms with Crippen LogP contribution in [0.15, 0.2) is 0 Å². The molecule has 1 aliphatic rings. The Morgan fingerprint density at radius 1 is 1.16 bits per heavy atom. The Bertz CT molecular complexity index is 445. The van der Waals surface area contributed by atoms with Crippen molar-refractivity contribution in [1.82, 2.24) is 4.90 Å². The molecule has 0 aliphatic carbocycles. The van der Waals surface area contributed by atoms with Crippen LogP contribution in [0.25, 0.3) is 0 Å². The molecular weight excluding hydrogens is 341 g/mol. The summed E-state index contributed by atoms with van der Waals surface area (Å²) in [7, 11) is -1.80. The first-order chi connectivity index (χ1) is 11.2. The summed E-state index contributed by atoms with van der Waals surface area (Å²) >= 11 is 0. The first-order valence-electron chi connectivity index (χ1n) is 9.10. The molecule has 0 bridgehead atoms. The predicted octanol–water partition coefficient (Wildman–Crippen LogP) is 4.37. The maximum atomic E-state index is 14.3. The fourth-order valence-electron chi connectivity index (χ4n) is 2.28. The number of likely N-dealkylation sites (tertiary alicyclic amines) is 1. The van der Waals surface area contributed by atoms with Gasteiger partial charge in [-0.2, -0.15) is 0 Å². The Hall–Kier alpha value is -0.663. The van der Waals surface area contributed by atoms with Crippen molar-refractivity contribution in [2.45, 2.75) is 84.0 Å². The highest BCUT2D eigenvalue weighted by Crippen LogP contribution is 2.36. The molecule has 0 spiro atoms. The molecule has 1 aliphatic heterocycles. The maximum absolute atomic E-state index is 14.3. The van der Waals surface area contributed by atoms with Gasteiger partial charge < -0.3 is 18.8 Å². The third kappa shape index (κ3) is 7.23. The fraction of sp³-hybridized carbons (Fsp3) is 0.944. The van der Waals surface area contributed by atoms with E-state index in [1.54, 1.807) is 20.8 Å². The van der Waals surface area contributed by atoms with Gasteiger partial charge in [0, 0.05) is 6.54 Å². The van der Waals surface area contributed by atoms with Crippen molar-refractivity contribution in [1.29, 1.82) is 0 Å². The molecule has 1 rings (SSSR count). The summed E-state index contributed by atoms with van der Waals surface area (Å²) in [6, 6.07) is 0. The Morgan fingerprint density at radius 2 is 1.76 bits per heavy atom. The molecule has 148 valence electrons. The molecule has 0 unspecified atom stereocenters. The van der Waals surface area contributed by atoms with E-state index in [4.69, 9.17) is 13.9 Å². The van der Waals surface area contributed by atoms with Crippen molar-refractivity contribution in [3.8, 4) is 0 Å². The van der Waals surface area contributed by atoms with Crippen LogP contribution in [0.1, 0.15) is 48.0 Å². The molecule has 0 aromatic carbocycles. The lowest BCUT2D eigenvalue weighted by Crippen LogP contribution is -2.49. The van der Waals surface area contributed by atoms with E-state index in [1.165, 1.54) is 4.90 Å². The quantitative estimate of drug-likeness (QED) is 0.527. The first kappa shape index (κ1) is 22.4. The van der Waals surface area contributed by atoms with Crippen LogP contribution in [-0.2, 0) is 13.9 Å². The molecule has 1 heterocycles. The van der Waals surface area contributed by atoms with Crippen LogP contribution in [0.2, 0.25) is 18.1 Å². The number of piperidine rings is 1. The standard InChI is InChI=1S/C18H36FNO4Si/c1-17(2,3)24-16(21)20-10-9-15(14(19)13-20)22-11-12-23-25(7,8)18(4,5)6/h14-15H,9-13H2,1-8H3/t14-,15+/m1/s1. The van der Waals surface area contributed by atoms with Gasteiger partial charge in [0.15, 0.2) is 8.32 Å². The monoisotopic (exact) mass is 377 g/mol. The van der Waals surface area contributed by atoms with E-state index in [9.17, 15) is 9.18 Å². The highest BCUT2D eigenvalue weighted by molar-refractivity contribution is 6.74. The Morgan fingerprint density at radius 3 is 2.24 bits per heavy atom. The molecule has 1 amide bonds. The molecule has 0 N–H and O–H groups in total. The summed E-state index contributed by atoms with van der Waals surface area (Å²) < 4.78 is 31.3. The largest absolute Gasteiger partial charge is 0.444 e. The molecule has 1 saturated heterocycles. The minimum Gasteiger partial charge on any atom is -0.444 e. The van der Waals surface area contributed by atoms with E-state index in [0.29, 0.717) is 26.2 Å². The van der Waals surface area contributed by atoms with Gasteiger partial charge in [0.2, 0.25) is 0 Å². The van der Waals surface area contributed by atoms with E-state index in [0.717, 1.165) is 0 Å². The van der Waals surface area contributed by atoms with Crippen LogP contribution in [0, 0.1) is 0 Å². The lowest BCUT2D eigenvalue weighted by molar-refractivity contribution is -0.0579. The van der Waals surface area contributed by atoms with Gasteiger partial charge in [-0.15, -0.1) is 0 Å². The summed E-state index contributed by atoms with van der Waals surface area (Å²) in [5, 5.41) is 0.147. The number of amides is 1. The molecule has 0 radical (unpaired) electrons. The van der Waals surface area contributed by atoms with Crippen LogP contribution in [0.4, 0.5) is 9.18 Å². The predicted molar refractivity (Wildman–Crippen MR) is 100 cm³/mol. The molecule has 5 nitrogen and oxygen atoms in total. The minimum absolute atomic E-state index is 0.0165. The number of alkyl halides is 1. The van der Waals surface area contributed by atoms with Crippen LogP contribution in [0.5, 0.6) is 0 Å². The van der Waals surface area contributed by atoms with Crippen molar-refractivity contribution in [3.63, 3.8) is 0 Å². The average Bonchev–Trinajstić information content (AvgIpc) is 2.41. The zero-order chi connectivity index (χ0) is 19.5. The third-order valence-electron chi connectivity index (χ3n) is 4.82. The SMILES string of the molecule is CC(C)(C)OC(=O)N1CC[C@H](OCCO[Si](C)(C)C(C)(C)C)[C@H](F)C1. The molecule has 0 saturated carbocycles. The number of nitrogens with zero attached hydrogens (tertiary/aromatic N) is 1. The number of hydrogen-bond acceptors (Lipinski definition) is 4. The summed E-state index contributed by atoms with van der Waals surface area (Å²) in [4.78, 5) is 13.4. The van der Waals surface area contributed by atoms with Crippen LogP contribution >= 0.6 is 0 Å². The molecule has 0 aromatic rings. The van der Waals surface area contributed by atoms with E-state index < -0.39 is 32.3 Å². The van der Waals surface area contributed by atoms with Gasteiger partial charge in [0.05, 0.1) is 25.9 Å². The highest BCUT2D eigenvalue weighted by Gasteiger charge is 2.37. The number of rotatable bonds is 5. The van der Waals surface area contributed by atoms with Crippen molar-refractivity contribution in [2.24, 2.45) is 0 Å². The Kier molecular flexibility index (Phi) is 7.48. The number of halogens is 1. The zero-order valence-corrected chi connectivity index (χ0v) is 18.1. The molecule has 7 heteroatoms. The van der Waals surface area contributed by atoms with Crippen molar-refractivity contribution < 1.29 is 23.1 Å². The maximum Gasteiger partial charge on any atom is 0.410 e. The van der Waals surface area contributed by atoms with Crippen molar-refractivity contribution in [3.05, 3.63) is 0 Å². The first-order valence-corrected chi connectivity index (χ1v) is 12.0. The Labute approximate surface area is 153 Å². The van der Waals surface area contributed by atoms with Gasteiger partial charge in [0.25, 0.3) is 0 Å². The third-order valence-corrected chi connectivity index (χ3v) is 9.36. The molecule has 1 fully saturated rings. The molecule has 0 aromatic heterocycles. The lowest BCUT2D eigenvalue weighted by atomic mass is 10.1. The summed E-state index contributed by atoms with van der Waals surface area (Å²) in [5.74, 6) is 0. The van der Waals surface area contributed by atoms with E-state index in [-0.39, 0.29) is 11.6 Å². The zero-order valence-electron chi connectivity index (χ0n) is 17.1. The average molecular weight is 378 g/mol. The van der Waals surface area contributed by atoms with Gasteiger partial charge in [0.1, 0.15) is 11.8 Å². The van der Waals surface area contributed by atoms with Gasteiger partial charge in [-0.1, -0.05) is 20.8 Å². The van der Waals surface area contributed by atoms with Crippen molar-refractivity contribution >= 4 is 14.4 Å². The van der Waals surface area contributed by atoms with E-state index >= 15 is 0 Å². The second-order valence-electron chi connectivity index (χ2n) is 9.25. The Balaban J connectivity index is 2.36. The fourth-order valence-corrected chi connectivity index (χ4v) is 3.30. The smallest absolute Gasteiger partial charge is 0.410 e. The number of ether oxygens (including phenoxy) is 2. The van der Waals surface area contributed by atoms with Crippen molar-refractivity contribution in [2.75, 3.05) is 26.3 Å². The number of carbonyl (C=O) groups excluding carboxylic acids is 1. The summed E-state index contributed by atoms with van der Waals surface area (Å²) in [6.07, 6.45) is -1.67. The van der Waals surface area contributed by atoms with Crippen LogP contribution in [0.3, 0.4) is 0 Å². The van der Waals surface area contributed by atoms with E-state index in [2.05, 4.69) is 33.9 Å². The molecular formula is C18H36FNO4Si. The highest BCUT2D eigenvalue weighted by atomic mass is 28.4.